The van der Waals surface area contributed by atoms with Crippen LogP contribution in [0, 0.1) is 6.92 Å². The van der Waals surface area contributed by atoms with Crippen LogP contribution < -0.4 is 14.8 Å². The van der Waals surface area contributed by atoms with Gasteiger partial charge in [0, 0.05) is 17.6 Å². The fraction of sp³-hybridized carbons (Fsp3) is 0.417. The van der Waals surface area contributed by atoms with E-state index in [1.165, 1.54) is 0 Å². The van der Waals surface area contributed by atoms with Crippen molar-refractivity contribution in [3.05, 3.63) is 58.1 Å². The molecular formula is C24H31BrN2O4. The standard InChI is InChI=1S/C24H31BrN2O4/c1-5-6-12-26-24(29)18(3)27(15-19-8-7-9-20(14-19)30-4)23(28)16-31-21-10-11-22(25)17(2)13-21/h7-11,13-14,18H,5-6,12,15-16H2,1-4H3,(H,26,29)/t18-/m1/s1. The Bertz CT molecular complexity index is 888. The van der Waals surface area contributed by atoms with Crippen molar-refractivity contribution in [3.63, 3.8) is 0 Å². The van der Waals surface area contributed by atoms with Gasteiger partial charge in [0.15, 0.2) is 6.61 Å². The van der Waals surface area contributed by atoms with Gasteiger partial charge >= 0.3 is 0 Å². The molecule has 1 N–H and O–H groups in total. The number of nitrogens with zero attached hydrogens (tertiary/aromatic N) is 1. The van der Waals surface area contributed by atoms with Gasteiger partial charge < -0.3 is 19.7 Å². The van der Waals surface area contributed by atoms with E-state index in [2.05, 4.69) is 28.2 Å². The zero-order valence-corrected chi connectivity index (χ0v) is 20.2. The summed E-state index contributed by atoms with van der Waals surface area (Å²) in [5.74, 6) is 0.868. The van der Waals surface area contributed by atoms with Crippen molar-refractivity contribution in [2.75, 3.05) is 20.3 Å². The number of carbonyl (C=O) groups excluding carboxylic acids is 2. The number of methoxy groups -OCH3 is 1. The van der Waals surface area contributed by atoms with Gasteiger partial charge in [0.25, 0.3) is 5.91 Å². The van der Waals surface area contributed by atoms with E-state index in [-0.39, 0.29) is 25.0 Å². The van der Waals surface area contributed by atoms with Gasteiger partial charge in [-0.1, -0.05) is 41.4 Å². The lowest BCUT2D eigenvalue weighted by atomic mass is 10.1. The lowest BCUT2D eigenvalue weighted by Gasteiger charge is -2.29. The molecule has 0 unspecified atom stereocenters. The van der Waals surface area contributed by atoms with Gasteiger partial charge in [0.05, 0.1) is 7.11 Å². The molecule has 0 saturated heterocycles. The van der Waals surface area contributed by atoms with Crippen molar-refractivity contribution in [2.24, 2.45) is 0 Å². The van der Waals surface area contributed by atoms with Crippen LogP contribution in [-0.2, 0) is 16.1 Å². The fourth-order valence-corrected chi connectivity index (χ4v) is 3.27. The molecule has 0 aromatic heterocycles. The molecule has 0 fully saturated rings. The number of ether oxygens (including phenoxy) is 2. The quantitative estimate of drug-likeness (QED) is 0.471. The Kier molecular flexibility index (Phi) is 9.85. The number of nitrogens with one attached hydrogen (secondary N) is 1. The average Bonchev–Trinajstić information content (AvgIpc) is 2.77. The van der Waals surface area contributed by atoms with Gasteiger partial charge in [0.2, 0.25) is 5.91 Å². The lowest BCUT2D eigenvalue weighted by Crippen LogP contribution is -2.49. The first kappa shape index (κ1) is 24.7. The molecule has 2 rings (SSSR count). The maximum atomic E-state index is 13.1. The predicted molar refractivity (Wildman–Crippen MR) is 125 cm³/mol. The van der Waals surface area contributed by atoms with E-state index in [0.29, 0.717) is 18.0 Å². The molecule has 0 aliphatic carbocycles. The third-order valence-corrected chi connectivity index (χ3v) is 5.87. The highest BCUT2D eigenvalue weighted by atomic mass is 79.9. The second-order valence-corrected chi connectivity index (χ2v) is 8.25. The molecule has 7 heteroatoms. The molecule has 2 amide bonds. The first-order chi connectivity index (χ1) is 14.8. The minimum absolute atomic E-state index is 0.155. The lowest BCUT2D eigenvalue weighted by molar-refractivity contribution is -0.142. The number of rotatable bonds is 11. The molecule has 168 valence electrons. The minimum Gasteiger partial charge on any atom is -0.497 e. The summed E-state index contributed by atoms with van der Waals surface area (Å²) in [7, 11) is 1.60. The summed E-state index contributed by atoms with van der Waals surface area (Å²) in [4.78, 5) is 27.3. The van der Waals surface area contributed by atoms with Gasteiger partial charge in [-0.3, -0.25) is 9.59 Å². The van der Waals surface area contributed by atoms with Crippen LogP contribution in [0.3, 0.4) is 0 Å². The summed E-state index contributed by atoms with van der Waals surface area (Å²) < 4.78 is 12.0. The van der Waals surface area contributed by atoms with Crippen LogP contribution in [0.25, 0.3) is 0 Å². The van der Waals surface area contributed by atoms with E-state index in [1.807, 2.05) is 43.3 Å². The van der Waals surface area contributed by atoms with Gasteiger partial charge in [-0.2, -0.15) is 0 Å². The first-order valence-electron chi connectivity index (χ1n) is 10.4. The van der Waals surface area contributed by atoms with Crippen LogP contribution in [0.15, 0.2) is 46.9 Å². The number of hydrogen-bond donors (Lipinski definition) is 1. The van der Waals surface area contributed by atoms with Crippen LogP contribution in [0.1, 0.15) is 37.8 Å². The number of aryl methyl sites for hydroxylation is 1. The van der Waals surface area contributed by atoms with Crippen LogP contribution in [0.5, 0.6) is 11.5 Å². The van der Waals surface area contributed by atoms with Crippen LogP contribution >= 0.6 is 15.9 Å². The van der Waals surface area contributed by atoms with Gasteiger partial charge in [-0.15, -0.1) is 0 Å². The Morgan fingerprint density at radius 3 is 2.61 bits per heavy atom. The molecule has 0 saturated carbocycles. The van der Waals surface area contributed by atoms with E-state index >= 15 is 0 Å². The zero-order chi connectivity index (χ0) is 22.8. The molecular weight excluding hydrogens is 460 g/mol. The smallest absolute Gasteiger partial charge is 0.261 e. The van der Waals surface area contributed by atoms with Crippen molar-refractivity contribution in [1.29, 1.82) is 0 Å². The molecule has 2 aromatic rings. The van der Waals surface area contributed by atoms with E-state index in [4.69, 9.17) is 9.47 Å². The molecule has 0 radical (unpaired) electrons. The molecule has 6 nitrogen and oxygen atoms in total. The first-order valence-corrected chi connectivity index (χ1v) is 11.2. The molecule has 0 aliphatic heterocycles. The SMILES string of the molecule is CCCCNC(=O)[C@@H](C)N(Cc1cccc(OC)c1)C(=O)COc1ccc(Br)c(C)c1. The average molecular weight is 491 g/mol. The summed E-state index contributed by atoms with van der Waals surface area (Å²) in [6, 6.07) is 12.4. The third kappa shape index (κ3) is 7.58. The normalized spacial score (nSPS) is 11.5. The van der Waals surface area contributed by atoms with E-state index in [0.717, 1.165) is 28.4 Å². The maximum absolute atomic E-state index is 13.1. The largest absolute Gasteiger partial charge is 0.497 e. The summed E-state index contributed by atoms with van der Waals surface area (Å²) in [5, 5.41) is 2.91. The topological polar surface area (TPSA) is 67.9 Å². The molecule has 1 atom stereocenters. The predicted octanol–water partition coefficient (Wildman–Crippen LogP) is 4.48. The molecule has 0 heterocycles. The Balaban J connectivity index is 2.14. The van der Waals surface area contributed by atoms with Gasteiger partial charge in [0.1, 0.15) is 17.5 Å². The molecule has 2 aromatic carbocycles. The number of amides is 2. The number of hydrogen-bond acceptors (Lipinski definition) is 4. The van der Waals surface area contributed by atoms with Gasteiger partial charge in [-0.05, 0) is 61.7 Å². The molecule has 0 aliphatic rings. The van der Waals surface area contributed by atoms with E-state index < -0.39 is 6.04 Å². The maximum Gasteiger partial charge on any atom is 0.261 e. The zero-order valence-electron chi connectivity index (χ0n) is 18.6. The van der Waals surface area contributed by atoms with Crippen LogP contribution in [0.4, 0.5) is 0 Å². The van der Waals surface area contributed by atoms with E-state index in [9.17, 15) is 9.59 Å². The second kappa shape index (κ2) is 12.3. The molecule has 0 bridgehead atoms. The van der Waals surface area contributed by atoms with E-state index in [1.54, 1.807) is 25.0 Å². The second-order valence-electron chi connectivity index (χ2n) is 7.39. The highest BCUT2D eigenvalue weighted by Gasteiger charge is 2.26. The highest BCUT2D eigenvalue weighted by molar-refractivity contribution is 9.10. The fourth-order valence-electron chi connectivity index (χ4n) is 3.02. The van der Waals surface area contributed by atoms with Crippen molar-refractivity contribution < 1.29 is 19.1 Å². The van der Waals surface area contributed by atoms with Crippen molar-refractivity contribution in [2.45, 2.75) is 46.2 Å². The van der Waals surface area contributed by atoms with Crippen molar-refractivity contribution in [1.82, 2.24) is 10.2 Å². The molecule has 31 heavy (non-hydrogen) atoms. The Morgan fingerprint density at radius 2 is 1.94 bits per heavy atom. The summed E-state index contributed by atoms with van der Waals surface area (Å²) in [6.07, 6.45) is 1.88. The highest BCUT2D eigenvalue weighted by Crippen LogP contribution is 2.22. The van der Waals surface area contributed by atoms with Crippen LogP contribution in [-0.4, -0.2) is 43.0 Å². The monoisotopic (exact) mass is 490 g/mol. The Morgan fingerprint density at radius 1 is 1.16 bits per heavy atom. The number of carbonyl (C=O) groups is 2. The number of benzene rings is 2. The van der Waals surface area contributed by atoms with Crippen molar-refractivity contribution in [3.8, 4) is 11.5 Å². The summed E-state index contributed by atoms with van der Waals surface area (Å²) in [5.41, 5.74) is 1.89. The molecule has 0 spiro atoms. The third-order valence-electron chi connectivity index (χ3n) is 4.98. The van der Waals surface area contributed by atoms with Crippen molar-refractivity contribution >= 4 is 27.7 Å². The Labute approximate surface area is 193 Å². The van der Waals surface area contributed by atoms with Crippen LogP contribution in [0.2, 0.25) is 0 Å². The number of halogens is 1. The minimum atomic E-state index is -0.634. The summed E-state index contributed by atoms with van der Waals surface area (Å²) >= 11 is 3.46. The number of unbranched alkanes of at least 4 members (excludes halogenated alkanes) is 1. The Hall–Kier alpha value is -2.54. The van der Waals surface area contributed by atoms with Gasteiger partial charge in [-0.25, -0.2) is 0 Å². The summed E-state index contributed by atoms with van der Waals surface area (Å²) in [6.45, 7) is 6.48.